The highest BCUT2D eigenvalue weighted by atomic mass is 16.3. The number of hydrogen-bond donors (Lipinski definition) is 0. The van der Waals surface area contributed by atoms with Gasteiger partial charge in [0, 0.05) is 50.7 Å². The lowest BCUT2D eigenvalue weighted by atomic mass is 9.92. The van der Waals surface area contributed by atoms with E-state index in [1.165, 1.54) is 49.8 Å². The predicted octanol–water partition coefficient (Wildman–Crippen LogP) is 16.7. The molecular weight excluding hydrogens is 741 g/mol. The molecule has 2 heterocycles. The third kappa shape index (κ3) is 5.98. The average Bonchev–Trinajstić information content (AvgIpc) is 3.63. The first-order chi connectivity index (χ1) is 30.2. The van der Waals surface area contributed by atoms with Crippen molar-refractivity contribution in [3.05, 3.63) is 231 Å². The highest BCUT2D eigenvalue weighted by Gasteiger charge is 2.26. The van der Waals surface area contributed by atoms with E-state index in [1.54, 1.807) is 0 Å². The van der Waals surface area contributed by atoms with Crippen LogP contribution in [0.1, 0.15) is 0 Å². The molecule has 286 valence electrons. The van der Waals surface area contributed by atoms with Gasteiger partial charge in [-0.15, -0.1) is 0 Å². The van der Waals surface area contributed by atoms with Gasteiger partial charge in [-0.05, 0) is 123 Å². The number of fused-ring (bicyclic) bond motifs is 9. The monoisotopic (exact) mass is 778 g/mol. The number of para-hydroxylation sites is 2. The second-order valence-electron chi connectivity index (χ2n) is 15.7. The van der Waals surface area contributed by atoms with Crippen molar-refractivity contribution < 1.29 is 4.42 Å². The van der Waals surface area contributed by atoms with E-state index in [1.807, 2.05) is 0 Å². The van der Waals surface area contributed by atoms with Gasteiger partial charge in [-0.3, -0.25) is 0 Å². The SMILES string of the molecule is c1ccc(-c2ccc(N(c3ccc(-c4ccc5c(c4)-c4ccccc4-c4ccccc4N5c4ccccc4)cc3)c3ccc4c(c3)oc3cc5ccccc5cc34)cc2)cc1. The van der Waals surface area contributed by atoms with Crippen LogP contribution in [0.15, 0.2) is 235 Å². The van der Waals surface area contributed by atoms with Crippen molar-refractivity contribution in [3.8, 4) is 44.5 Å². The van der Waals surface area contributed by atoms with Gasteiger partial charge < -0.3 is 14.2 Å². The van der Waals surface area contributed by atoms with Crippen LogP contribution in [-0.2, 0) is 0 Å². The molecule has 0 unspecified atom stereocenters. The van der Waals surface area contributed by atoms with Gasteiger partial charge in [0.1, 0.15) is 11.2 Å². The fourth-order valence-corrected chi connectivity index (χ4v) is 9.23. The Kier molecular flexibility index (Phi) is 8.17. The summed E-state index contributed by atoms with van der Waals surface area (Å²) in [5.74, 6) is 0. The van der Waals surface area contributed by atoms with Gasteiger partial charge in [0.25, 0.3) is 0 Å². The molecule has 0 saturated heterocycles. The van der Waals surface area contributed by atoms with Crippen LogP contribution >= 0.6 is 0 Å². The number of rotatable bonds is 6. The molecule has 1 aliphatic rings. The van der Waals surface area contributed by atoms with Crippen molar-refractivity contribution in [2.45, 2.75) is 0 Å². The second-order valence-corrected chi connectivity index (χ2v) is 15.7. The number of benzene rings is 10. The maximum atomic E-state index is 6.58. The number of furan rings is 1. The summed E-state index contributed by atoms with van der Waals surface area (Å²) in [7, 11) is 0. The van der Waals surface area contributed by atoms with Gasteiger partial charge in [0.15, 0.2) is 0 Å². The fourth-order valence-electron chi connectivity index (χ4n) is 9.23. The molecule has 0 atom stereocenters. The summed E-state index contributed by atoms with van der Waals surface area (Å²) in [5.41, 5.74) is 17.9. The Morgan fingerprint density at radius 2 is 0.820 bits per heavy atom. The Bertz CT molecular complexity index is 3410. The first-order valence-corrected chi connectivity index (χ1v) is 20.8. The average molecular weight is 779 g/mol. The van der Waals surface area contributed by atoms with Crippen molar-refractivity contribution in [2.75, 3.05) is 9.80 Å². The molecule has 1 aromatic heterocycles. The first kappa shape index (κ1) is 34.9. The van der Waals surface area contributed by atoms with E-state index in [9.17, 15) is 0 Å². The summed E-state index contributed by atoms with van der Waals surface area (Å²) in [6.07, 6.45) is 0. The van der Waals surface area contributed by atoms with Crippen molar-refractivity contribution in [2.24, 2.45) is 0 Å². The molecule has 3 heteroatoms. The minimum absolute atomic E-state index is 0.863. The van der Waals surface area contributed by atoms with E-state index in [2.05, 4.69) is 240 Å². The van der Waals surface area contributed by atoms with Gasteiger partial charge in [-0.1, -0.05) is 146 Å². The van der Waals surface area contributed by atoms with Crippen LogP contribution in [0.25, 0.3) is 77.2 Å². The zero-order valence-corrected chi connectivity index (χ0v) is 33.2. The van der Waals surface area contributed by atoms with Crippen LogP contribution in [0, 0.1) is 0 Å². The quantitative estimate of drug-likeness (QED) is 0.168. The molecule has 0 fully saturated rings. The van der Waals surface area contributed by atoms with Crippen LogP contribution in [0.5, 0.6) is 0 Å². The van der Waals surface area contributed by atoms with E-state index >= 15 is 0 Å². The molecule has 11 aromatic rings. The van der Waals surface area contributed by atoms with Crippen LogP contribution in [0.4, 0.5) is 34.1 Å². The molecule has 3 nitrogen and oxygen atoms in total. The van der Waals surface area contributed by atoms with E-state index in [4.69, 9.17) is 4.42 Å². The van der Waals surface area contributed by atoms with Gasteiger partial charge in [0.05, 0.1) is 11.4 Å². The standard InChI is InChI=1S/C58H38N2O/c1-3-13-39(14-4-1)40-23-28-46(29-24-40)59(48-32-33-52-54-36-42-15-7-8-16-43(42)37-57(54)61-58(52)38-48)47-30-25-41(26-31-47)44-27-34-56-53(35-44)50-20-10-9-19-49(50)51-21-11-12-22-55(51)60(56)45-17-5-2-6-18-45/h1-38H. The highest BCUT2D eigenvalue weighted by molar-refractivity contribution is 6.11. The zero-order chi connectivity index (χ0) is 40.3. The molecule has 1 aliphatic heterocycles. The summed E-state index contributed by atoms with van der Waals surface area (Å²) in [5, 5.41) is 4.62. The van der Waals surface area contributed by atoms with E-state index < -0.39 is 0 Å². The van der Waals surface area contributed by atoms with Crippen molar-refractivity contribution in [1.29, 1.82) is 0 Å². The summed E-state index contributed by atoms with van der Waals surface area (Å²) in [6, 6.07) is 83.0. The Balaban J connectivity index is 0.969. The Morgan fingerprint density at radius 3 is 1.54 bits per heavy atom. The molecule has 0 spiro atoms. The van der Waals surface area contributed by atoms with Crippen LogP contribution < -0.4 is 9.80 Å². The van der Waals surface area contributed by atoms with Crippen LogP contribution in [0.3, 0.4) is 0 Å². The molecular formula is C58H38N2O. The van der Waals surface area contributed by atoms with Crippen LogP contribution in [0.2, 0.25) is 0 Å². The summed E-state index contributed by atoms with van der Waals surface area (Å²) in [4.78, 5) is 4.73. The zero-order valence-electron chi connectivity index (χ0n) is 33.2. The molecule has 0 radical (unpaired) electrons. The molecule has 10 aromatic carbocycles. The third-order valence-electron chi connectivity index (χ3n) is 12.2. The molecule has 0 saturated carbocycles. The minimum atomic E-state index is 0.863. The number of anilines is 6. The van der Waals surface area contributed by atoms with Crippen LogP contribution in [-0.4, -0.2) is 0 Å². The first-order valence-electron chi connectivity index (χ1n) is 20.8. The van der Waals surface area contributed by atoms with Gasteiger partial charge in [-0.2, -0.15) is 0 Å². The lowest BCUT2D eigenvalue weighted by molar-refractivity contribution is 0.669. The van der Waals surface area contributed by atoms with E-state index in [0.29, 0.717) is 0 Å². The highest BCUT2D eigenvalue weighted by Crippen LogP contribution is 2.51. The van der Waals surface area contributed by atoms with Crippen molar-refractivity contribution in [3.63, 3.8) is 0 Å². The van der Waals surface area contributed by atoms with Gasteiger partial charge >= 0.3 is 0 Å². The lowest BCUT2D eigenvalue weighted by Crippen LogP contribution is -2.10. The third-order valence-corrected chi connectivity index (χ3v) is 12.2. The smallest absolute Gasteiger partial charge is 0.137 e. The Hall–Kier alpha value is -8.14. The Morgan fingerprint density at radius 1 is 0.311 bits per heavy atom. The second kappa shape index (κ2) is 14.3. The normalized spacial score (nSPS) is 11.9. The Labute approximate surface area is 354 Å². The molecule has 61 heavy (non-hydrogen) atoms. The number of hydrogen-bond acceptors (Lipinski definition) is 3. The minimum Gasteiger partial charge on any atom is -0.456 e. The predicted molar refractivity (Wildman–Crippen MR) is 256 cm³/mol. The summed E-state index contributed by atoms with van der Waals surface area (Å²) in [6.45, 7) is 0. The van der Waals surface area contributed by atoms with Gasteiger partial charge in [-0.25, -0.2) is 0 Å². The van der Waals surface area contributed by atoms with E-state index in [-0.39, 0.29) is 0 Å². The largest absolute Gasteiger partial charge is 0.456 e. The van der Waals surface area contributed by atoms with Crippen molar-refractivity contribution in [1.82, 2.24) is 0 Å². The summed E-state index contributed by atoms with van der Waals surface area (Å²) >= 11 is 0. The van der Waals surface area contributed by atoms with Gasteiger partial charge in [0.2, 0.25) is 0 Å². The summed E-state index contributed by atoms with van der Waals surface area (Å²) < 4.78 is 6.58. The maximum absolute atomic E-state index is 6.58. The molecule has 0 aliphatic carbocycles. The van der Waals surface area contributed by atoms with E-state index in [0.717, 1.165) is 61.5 Å². The molecule has 0 bridgehead atoms. The molecule has 0 amide bonds. The molecule has 12 rings (SSSR count). The van der Waals surface area contributed by atoms with Crippen molar-refractivity contribution >= 4 is 66.8 Å². The molecule has 0 N–H and O–H groups in total. The lowest BCUT2D eigenvalue weighted by Gasteiger charge is -2.27. The topological polar surface area (TPSA) is 19.6 Å². The fraction of sp³-hybridized carbons (Fsp3) is 0. The maximum Gasteiger partial charge on any atom is 0.137 e. The number of nitrogens with zero attached hydrogens (tertiary/aromatic N) is 2.